The first-order valence-corrected chi connectivity index (χ1v) is 6.55. The average Bonchev–Trinajstić information content (AvgIpc) is 3.05. The van der Waals surface area contributed by atoms with Crippen LogP contribution >= 0.6 is 15.9 Å². The van der Waals surface area contributed by atoms with Crippen molar-refractivity contribution in [1.29, 1.82) is 0 Å². The molecule has 0 aliphatic heterocycles. The van der Waals surface area contributed by atoms with Crippen LogP contribution in [-0.4, -0.2) is 12.5 Å². The molecule has 2 unspecified atom stereocenters. The molecule has 1 N–H and O–H groups in total. The minimum absolute atomic E-state index is 0.136. The second-order valence-corrected chi connectivity index (χ2v) is 5.72. The lowest BCUT2D eigenvalue weighted by molar-refractivity contribution is -0.122. The maximum atomic E-state index is 11.8. The van der Waals surface area contributed by atoms with Gasteiger partial charge < -0.3 is 5.32 Å². The summed E-state index contributed by atoms with van der Waals surface area (Å²) < 4.78 is 0.804. The fourth-order valence-electron chi connectivity index (χ4n) is 2.07. The number of aryl methyl sites for hydroxylation is 1. The zero-order valence-corrected chi connectivity index (χ0v) is 11.5. The Bertz CT molecular complexity index is 455. The van der Waals surface area contributed by atoms with Gasteiger partial charge in [0.2, 0.25) is 5.91 Å². The number of benzene rings is 1. The molecule has 0 spiro atoms. The SMILES string of the molecule is C=C(Br)CNC(=O)C1CC1c1cccc(C)c1. The Balaban J connectivity index is 1.92. The summed E-state index contributed by atoms with van der Waals surface area (Å²) in [5.74, 6) is 0.680. The van der Waals surface area contributed by atoms with E-state index in [1.54, 1.807) is 0 Å². The number of carbonyl (C=O) groups is 1. The second-order valence-electron chi connectivity index (χ2n) is 4.60. The zero-order valence-electron chi connectivity index (χ0n) is 9.87. The van der Waals surface area contributed by atoms with Gasteiger partial charge in [0.1, 0.15) is 0 Å². The number of amides is 1. The highest BCUT2D eigenvalue weighted by Crippen LogP contribution is 2.47. The summed E-state index contributed by atoms with van der Waals surface area (Å²) in [7, 11) is 0. The molecule has 1 aliphatic rings. The summed E-state index contributed by atoms with van der Waals surface area (Å²) in [4.78, 5) is 11.8. The van der Waals surface area contributed by atoms with Crippen LogP contribution in [0.2, 0.25) is 0 Å². The van der Waals surface area contributed by atoms with Gasteiger partial charge in [-0.15, -0.1) is 0 Å². The molecular weight excluding hydrogens is 278 g/mol. The topological polar surface area (TPSA) is 29.1 Å². The van der Waals surface area contributed by atoms with Crippen LogP contribution in [0.25, 0.3) is 0 Å². The average molecular weight is 294 g/mol. The van der Waals surface area contributed by atoms with Crippen LogP contribution in [0.15, 0.2) is 35.3 Å². The highest BCUT2D eigenvalue weighted by molar-refractivity contribution is 9.11. The smallest absolute Gasteiger partial charge is 0.224 e. The standard InChI is InChI=1S/C14H16BrNO/c1-9-4-3-5-11(6-9)12-7-13(12)14(17)16-8-10(2)15/h3-6,12-13H,2,7-8H2,1H3,(H,16,17). The number of carbonyl (C=O) groups excluding carboxylic acids is 1. The highest BCUT2D eigenvalue weighted by Gasteiger charge is 2.43. The highest BCUT2D eigenvalue weighted by atomic mass is 79.9. The van der Waals surface area contributed by atoms with E-state index < -0.39 is 0 Å². The second kappa shape index (κ2) is 5.05. The van der Waals surface area contributed by atoms with Crippen LogP contribution in [0, 0.1) is 12.8 Å². The van der Waals surface area contributed by atoms with E-state index >= 15 is 0 Å². The molecule has 2 nitrogen and oxygen atoms in total. The van der Waals surface area contributed by atoms with Gasteiger partial charge in [-0.05, 0) is 24.8 Å². The van der Waals surface area contributed by atoms with E-state index in [0.29, 0.717) is 12.5 Å². The number of nitrogens with one attached hydrogen (secondary N) is 1. The summed E-state index contributed by atoms with van der Waals surface area (Å²) in [5, 5.41) is 2.87. The molecule has 1 amide bonds. The quantitative estimate of drug-likeness (QED) is 0.908. The molecule has 2 rings (SSSR count). The molecule has 0 bridgehead atoms. The summed E-state index contributed by atoms with van der Waals surface area (Å²) in [6.07, 6.45) is 0.962. The Morgan fingerprint density at radius 2 is 2.35 bits per heavy atom. The monoisotopic (exact) mass is 293 g/mol. The molecule has 1 aromatic carbocycles. The number of hydrogen-bond donors (Lipinski definition) is 1. The third kappa shape index (κ3) is 3.19. The van der Waals surface area contributed by atoms with Crippen LogP contribution in [0.1, 0.15) is 23.5 Å². The first kappa shape index (κ1) is 12.4. The summed E-state index contributed by atoms with van der Waals surface area (Å²) in [5.41, 5.74) is 2.53. The predicted molar refractivity (Wildman–Crippen MR) is 73.1 cm³/mol. The van der Waals surface area contributed by atoms with Gasteiger partial charge in [-0.25, -0.2) is 0 Å². The van der Waals surface area contributed by atoms with Crippen LogP contribution in [0.4, 0.5) is 0 Å². The van der Waals surface area contributed by atoms with Crippen molar-refractivity contribution in [2.24, 2.45) is 5.92 Å². The van der Waals surface area contributed by atoms with Crippen molar-refractivity contribution in [2.75, 3.05) is 6.54 Å². The fraction of sp³-hybridized carbons (Fsp3) is 0.357. The van der Waals surface area contributed by atoms with Gasteiger partial charge in [0.25, 0.3) is 0 Å². The molecule has 1 aliphatic carbocycles. The summed E-state index contributed by atoms with van der Waals surface area (Å²) in [6.45, 7) is 6.29. The Morgan fingerprint density at radius 3 is 3.00 bits per heavy atom. The lowest BCUT2D eigenvalue weighted by atomic mass is 10.1. The Hall–Kier alpha value is -1.09. The van der Waals surface area contributed by atoms with E-state index in [1.165, 1.54) is 11.1 Å². The molecule has 1 fully saturated rings. The Labute approximate surface area is 110 Å². The van der Waals surface area contributed by atoms with Crippen molar-refractivity contribution in [3.63, 3.8) is 0 Å². The minimum atomic E-state index is 0.136. The first-order valence-electron chi connectivity index (χ1n) is 5.75. The lowest BCUT2D eigenvalue weighted by Crippen LogP contribution is -2.26. The zero-order chi connectivity index (χ0) is 12.4. The van der Waals surface area contributed by atoms with E-state index in [9.17, 15) is 4.79 Å². The maximum absolute atomic E-state index is 11.8. The third-order valence-corrected chi connectivity index (χ3v) is 3.33. The molecule has 1 saturated carbocycles. The number of rotatable bonds is 4. The van der Waals surface area contributed by atoms with Crippen LogP contribution in [-0.2, 0) is 4.79 Å². The van der Waals surface area contributed by atoms with Crippen molar-refractivity contribution in [3.05, 3.63) is 46.5 Å². The summed E-state index contributed by atoms with van der Waals surface area (Å²) in [6, 6.07) is 8.41. The van der Waals surface area contributed by atoms with E-state index in [-0.39, 0.29) is 11.8 Å². The summed E-state index contributed by atoms with van der Waals surface area (Å²) >= 11 is 3.23. The molecule has 3 heteroatoms. The van der Waals surface area contributed by atoms with Crippen molar-refractivity contribution < 1.29 is 4.79 Å². The molecule has 0 radical (unpaired) electrons. The molecule has 17 heavy (non-hydrogen) atoms. The van der Waals surface area contributed by atoms with Gasteiger partial charge in [0, 0.05) is 16.9 Å². The molecule has 0 aromatic heterocycles. The molecule has 0 heterocycles. The molecule has 90 valence electrons. The van der Waals surface area contributed by atoms with Gasteiger partial charge in [-0.2, -0.15) is 0 Å². The Morgan fingerprint density at radius 1 is 1.59 bits per heavy atom. The van der Waals surface area contributed by atoms with Gasteiger partial charge in [0.15, 0.2) is 0 Å². The normalized spacial score (nSPS) is 22.0. The van der Waals surface area contributed by atoms with Gasteiger partial charge >= 0.3 is 0 Å². The molecule has 2 atom stereocenters. The van der Waals surface area contributed by atoms with E-state index in [2.05, 4.69) is 59.0 Å². The lowest BCUT2D eigenvalue weighted by Gasteiger charge is -2.04. The minimum Gasteiger partial charge on any atom is -0.351 e. The van der Waals surface area contributed by atoms with E-state index in [4.69, 9.17) is 0 Å². The van der Waals surface area contributed by atoms with E-state index in [0.717, 1.165) is 10.9 Å². The van der Waals surface area contributed by atoms with Crippen LogP contribution < -0.4 is 5.32 Å². The van der Waals surface area contributed by atoms with Crippen molar-refractivity contribution >= 4 is 21.8 Å². The van der Waals surface area contributed by atoms with Crippen molar-refractivity contribution in [3.8, 4) is 0 Å². The largest absolute Gasteiger partial charge is 0.351 e. The number of halogens is 1. The fourth-order valence-corrected chi connectivity index (χ4v) is 2.21. The van der Waals surface area contributed by atoms with Gasteiger partial charge in [-0.1, -0.05) is 52.3 Å². The van der Waals surface area contributed by atoms with Crippen LogP contribution in [0.5, 0.6) is 0 Å². The van der Waals surface area contributed by atoms with E-state index in [1.807, 2.05) is 0 Å². The number of hydrogen-bond acceptors (Lipinski definition) is 1. The van der Waals surface area contributed by atoms with Crippen molar-refractivity contribution in [2.45, 2.75) is 19.3 Å². The van der Waals surface area contributed by atoms with Crippen LogP contribution in [0.3, 0.4) is 0 Å². The predicted octanol–water partition coefficient (Wildman–Crippen LogP) is 3.12. The Kier molecular flexibility index (Phi) is 3.67. The van der Waals surface area contributed by atoms with Crippen molar-refractivity contribution in [1.82, 2.24) is 5.32 Å². The molecule has 0 saturated heterocycles. The maximum Gasteiger partial charge on any atom is 0.224 e. The van der Waals surface area contributed by atoms with Gasteiger partial charge in [0.05, 0.1) is 0 Å². The van der Waals surface area contributed by atoms with Gasteiger partial charge in [-0.3, -0.25) is 4.79 Å². The molecular formula is C14H16BrNO. The molecule has 1 aromatic rings. The first-order chi connectivity index (χ1) is 8.08. The third-order valence-electron chi connectivity index (χ3n) is 3.05.